The number of ether oxygens (including phenoxy) is 2. The Morgan fingerprint density at radius 2 is 1.82 bits per heavy atom. The van der Waals surface area contributed by atoms with Gasteiger partial charge >= 0.3 is 0 Å². The Morgan fingerprint density at radius 1 is 1.24 bits per heavy atom. The van der Waals surface area contributed by atoms with Crippen molar-refractivity contribution in [3.05, 3.63) is 24.3 Å². The second kappa shape index (κ2) is 6.47. The number of hydrogen-bond donors (Lipinski definition) is 2. The van der Waals surface area contributed by atoms with Crippen LogP contribution >= 0.6 is 0 Å². The smallest absolute Gasteiger partial charge is 0.119 e. The van der Waals surface area contributed by atoms with Crippen LogP contribution in [0.2, 0.25) is 0 Å². The van der Waals surface area contributed by atoms with Gasteiger partial charge in [-0.05, 0) is 44.0 Å². The normalized spacial score (nSPS) is 14.1. The summed E-state index contributed by atoms with van der Waals surface area (Å²) in [5.74, 6) is 1.61. The highest BCUT2D eigenvalue weighted by atomic mass is 16.5. The molecule has 0 spiro atoms. The van der Waals surface area contributed by atoms with Crippen molar-refractivity contribution in [3.8, 4) is 11.5 Å². The lowest BCUT2D eigenvalue weighted by Gasteiger charge is -2.20. The van der Waals surface area contributed by atoms with Crippen LogP contribution in [0.5, 0.6) is 11.5 Å². The Balaban J connectivity index is 2.26. The fourth-order valence-corrected chi connectivity index (χ4v) is 1.42. The van der Waals surface area contributed by atoms with Gasteiger partial charge in [-0.15, -0.1) is 0 Å². The molecule has 1 unspecified atom stereocenters. The van der Waals surface area contributed by atoms with E-state index in [0.717, 1.165) is 17.9 Å². The van der Waals surface area contributed by atoms with E-state index in [0.29, 0.717) is 13.0 Å². The summed E-state index contributed by atoms with van der Waals surface area (Å²) in [6, 6.07) is 7.43. The zero-order valence-electron chi connectivity index (χ0n) is 10.5. The molecule has 1 rings (SSSR count). The Bertz CT molecular complexity index is 322. The van der Waals surface area contributed by atoms with Crippen molar-refractivity contribution in [3.63, 3.8) is 0 Å². The van der Waals surface area contributed by atoms with Crippen LogP contribution in [0.15, 0.2) is 24.3 Å². The fraction of sp³-hybridized carbons (Fsp3) is 0.538. The van der Waals surface area contributed by atoms with Gasteiger partial charge in [-0.2, -0.15) is 0 Å². The molecule has 1 aromatic rings. The van der Waals surface area contributed by atoms with E-state index in [1.54, 1.807) is 14.0 Å². The maximum Gasteiger partial charge on any atom is 0.119 e. The first-order valence-electron chi connectivity index (χ1n) is 5.77. The van der Waals surface area contributed by atoms with Gasteiger partial charge in [-0.25, -0.2) is 0 Å². The summed E-state index contributed by atoms with van der Waals surface area (Å²) in [5.41, 5.74) is 4.64. The molecule has 1 aromatic carbocycles. The second-order valence-electron chi connectivity index (χ2n) is 4.33. The van der Waals surface area contributed by atoms with E-state index < -0.39 is 5.60 Å². The highest BCUT2D eigenvalue weighted by Gasteiger charge is 2.16. The van der Waals surface area contributed by atoms with Crippen molar-refractivity contribution >= 4 is 0 Å². The molecular weight excluding hydrogens is 218 g/mol. The molecule has 4 heteroatoms. The number of methoxy groups -OCH3 is 1. The molecule has 0 bridgehead atoms. The highest BCUT2D eigenvalue weighted by molar-refractivity contribution is 5.31. The Labute approximate surface area is 102 Å². The first-order valence-corrected chi connectivity index (χ1v) is 5.77. The average molecular weight is 239 g/mol. The van der Waals surface area contributed by atoms with Crippen molar-refractivity contribution in [2.45, 2.75) is 25.4 Å². The van der Waals surface area contributed by atoms with Gasteiger partial charge in [-0.1, -0.05) is 0 Å². The molecule has 3 N–H and O–H groups in total. The summed E-state index contributed by atoms with van der Waals surface area (Å²) in [4.78, 5) is 0. The van der Waals surface area contributed by atoms with Crippen molar-refractivity contribution in [2.75, 3.05) is 20.3 Å². The van der Waals surface area contributed by atoms with Crippen LogP contribution in [-0.4, -0.2) is 31.0 Å². The zero-order valence-corrected chi connectivity index (χ0v) is 10.5. The third kappa shape index (κ3) is 5.06. The molecule has 0 aliphatic carbocycles. The molecule has 0 saturated carbocycles. The molecule has 17 heavy (non-hydrogen) atoms. The molecule has 1 atom stereocenters. The molecule has 0 radical (unpaired) electrons. The molecule has 0 saturated heterocycles. The topological polar surface area (TPSA) is 64.7 Å². The van der Waals surface area contributed by atoms with Crippen molar-refractivity contribution in [1.29, 1.82) is 0 Å². The maximum atomic E-state index is 9.69. The third-order valence-corrected chi connectivity index (χ3v) is 2.63. The van der Waals surface area contributed by atoms with Crippen LogP contribution in [0, 0.1) is 0 Å². The van der Waals surface area contributed by atoms with Crippen LogP contribution in [0.1, 0.15) is 19.8 Å². The molecule has 0 heterocycles. The second-order valence-corrected chi connectivity index (χ2v) is 4.33. The molecule has 0 fully saturated rings. The molecule has 96 valence electrons. The van der Waals surface area contributed by atoms with E-state index in [2.05, 4.69) is 0 Å². The van der Waals surface area contributed by atoms with E-state index in [1.807, 2.05) is 24.3 Å². The Morgan fingerprint density at radius 3 is 2.35 bits per heavy atom. The Hall–Kier alpha value is -1.26. The maximum absolute atomic E-state index is 9.69. The zero-order chi connectivity index (χ0) is 12.7. The van der Waals surface area contributed by atoms with Crippen LogP contribution < -0.4 is 15.2 Å². The van der Waals surface area contributed by atoms with Gasteiger partial charge in [0.05, 0.1) is 19.3 Å². The lowest BCUT2D eigenvalue weighted by Crippen LogP contribution is -2.34. The van der Waals surface area contributed by atoms with E-state index in [9.17, 15) is 5.11 Å². The van der Waals surface area contributed by atoms with Gasteiger partial charge in [0.2, 0.25) is 0 Å². The largest absolute Gasteiger partial charge is 0.497 e. The minimum Gasteiger partial charge on any atom is -0.497 e. The number of nitrogens with two attached hydrogens (primary N) is 1. The minimum absolute atomic E-state index is 0.273. The number of hydrogen-bond acceptors (Lipinski definition) is 4. The summed E-state index contributed by atoms with van der Waals surface area (Å²) < 4.78 is 10.6. The average Bonchev–Trinajstić information content (AvgIpc) is 2.35. The van der Waals surface area contributed by atoms with Crippen LogP contribution in [0.25, 0.3) is 0 Å². The lowest BCUT2D eigenvalue weighted by molar-refractivity contribution is 0.0536. The van der Waals surface area contributed by atoms with E-state index in [4.69, 9.17) is 15.2 Å². The van der Waals surface area contributed by atoms with Crippen molar-refractivity contribution < 1.29 is 14.6 Å². The van der Waals surface area contributed by atoms with Gasteiger partial charge in [0.1, 0.15) is 11.5 Å². The fourth-order valence-electron chi connectivity index (χ4n) is 1.42. The number of aliphatic hydroxyl groups is 1. The molecule has 4 nitrogen and oxygen atoms in total. The van der Waals surface area contributed by atoms with E-state index >= 15 is 0 Å². The molecule has 0 amide bonds. The summed E-state index contributed by atoms with van der Waals surface area (Å²) in [5, 5.41) is 9.69. The molecular formula is C13H21NO3. The van der Waals surface area contributed by atoms with Crippen molar-refractivity contribution in [1.82, 2.24) is 0 Å². The first kappa shape index (κ1) is 13.8. The van der Waals surface area contributed by atoms with Crippen LogP contribution in [0.3, 0.4) is 0 Å². The highest BCUT2D eigenvalue weighted by Crippen LogP contribution is 2.17. The number of benzene rings is 1. The summed E-state index contributed by atoms with van der Waals surface area (Å²) in [7, 11) is 1.63. The number of rotatable bonds is 7. The summed E-state index contributed by atoms with van der Waals surface area (Å²) in [6.45, 7) is 2.58. The molecule has 0 aromatic heterocycles. The Kier molecular flexibility index (Phi) is 5.25. The monoisotopic (exact) mass is 239 g/mol. The van der Waals surface area contributed by atoms with Gasteiger partial charge in [0, 0.05) is 6.54 Å². The summed E-state index contributed by atoms with van der Waals surface area (Å²) >= 11 is 0. The van der Waals surface area contributed by atoms with E-state index in [1.165, 1.54) is 0 Å². The first-order chi connectivity index (χ1) is 8.07. The lowest BCUT2D eigenvalue weighted by atomic mass is 10.0. The van der Waals surface area contributed by atoms with Gasteiger partial charge in [0.15, 0.2) is 0 Å². The standard InChI is InChI=1S/C13H21NO3/c1-13(15,10-14)8-3-9-17-12-6-4-11(16-2)5-7-12/h4-7,15H,3,8-10,14H2,1-2H3. The predicted octanol–water partition coefficient (Wildman–Crippen LogP) is 1.56. The van der Waals surface area contributed by atoms with Crippen LogP contribution in [0.4, 0.5) is 0 Å². The molecule has 0 aliphatic rings. The van der Waals surface area contributed by atoms with E-state index in [-0.39, 0.29) is 6.54 Å². The van der Waals surface area contributed by atoms with Gasteiger partial charge in [0.25, 0.3) is 0 Å². The van der Waals surface area contributed by atoms with Crippen LogP contribution in [-0.2, 0) is 0 Å². The minimum atomic E-state index is -0.788. The van der Waals surface area contributed by atoms with Gasteiger partial charge < -0.3 is 20.3 Å². The molecule has 0 aliphatic heterocycles. The summed E-state index contributed by atoms with van der Waals surface area (Å²) in [6.07, 6.45) is 1.41. The van der Waals surface area contributed by atoms with Crippen molar-refractivity contribution in [2.24, 2.45) is 5.73 Å². The van der Waals surface area contributed by atoms with Gasteiger partial charge in [-0.3, -0.25) is 0 Å². The SMILES string of the molecule is COc1ccc(OCCCC(C)(O)CN)cc1. The quantitative estimate of drug-likeness (QED) is 0.709. The third-order valence-electron chi connectivity index (χ3n) is 2.63. The predicted molar refractivity (Wildman–Crippen MR) is 67.4 cm³/mol.